The lowest BCUT2D eigenvalue weighted by Crippen LogP contribution is -2.27. The minimum absolute atomic E-state index is 0.167. The molecule has 1 aromatic rings. The average Bonchev–Trinajstić information content (AvgIpc) is 3.00. The molecule has 2 rings (SSSR count). The molecular weight excluding hydrogens is 230 g/mol. The number of carboxylic acids is 2. The molecule has 0 atom stereocenters. The number of nitrogens with zero attached hydrogens (tertiary/aromatic N) is 1. The van der Waals surface area contributed by atoms with Crippen LogP contribution in [-0.4, -0.2) is 31.8 Å². The summed E-state index contributed by atoms with van der Waals surface area (Å²) in [7, 11) is 0. The van der Waals surface area contributed by atoms with Gasteiger partial charge in [0.05, 0.1) is 0 Å². The molecule has 0 saturated heterocycles. The van der Waals surface area contributed by atoms with Crippen LogP contribution >= 0.6 is 0 Å². The Bertz CT molecular complexity index is 569. The van der Waals surface area contributed by atoms with Gasteiger partial charge in [0.1, 0.15) is 5.56 Å². The molecule has 0 aliphatic heterocycles. The van der Waals surface area contributed by atoms with E-state index < -0.39 is 34.4 Å². The lowest BCUT2D eigenvalue weighted by atomic mass is 10.1. The van der Waals surface area contributed by atoms with Crippen molar-refractivity contribution in [1.82, 2.24) is 4.57 Å². The summed E-state index contributed by atoms with van der Waals surface area (Å²) < 4.78 is 1.06. The molecule has 0 unspecified atom stereocenters. The van der Waals surface area contributed by atoms with Crippen LogP contribution in [0.4, 0.5) is 0 Å². The minimum Gasteiger partial charge on any atom is -0.506 e. The molecule has 7 heteroatoms. The van der Waals surface area contributed by atoms with E-state index in [2.05, 4.69) is 0 Å². The van der Waals surface area contributed by atoms with Crippen molar-refractivity contribution in [3.8, 4) is 5.75 Å². The van der Waals surface area contributed by atoms with Crippen molar-refractivity contribution >= 4 is 11.9 Å². The van der Waals surface area contributed by atoms with Gasteiger partial charge in [-0.05, 0) is 12.8 Å². The number of hydrogen-bond acceptors (Lipinski definition) is 4. The van der Waals surface area contributed by atoms with Crippen molar-refractivity contribution in [2.24, 2.45) is 0 Å². The highest BCUT2D eigenvalue weighted by molar-refractivity contribution is 5.97. The molecule has 1 aliphatic rings. The molecule has 7 nitrogen and oxygen atoms in total. The number of aromatic hydroxyl groups is 1. The van der Waals surface area contributed by atoms with Gasteiger partial charge in [0.15, 0.2) is 11.3 Å². The normalized spacial score (nSPS) is 14.6. The molecule has 0 radical (unpaired) electrons. The van der Waals surface area contributed by atoms with Crippen LogP contribution in [0.25, 0.3) is 0 Å². The third kappa shape index (κ3) is 1.75. The van der Waals surface area contributed by atoms with Gasteiger partial charge in [-0.15, -0.1) is 0 Å². The van der Waals surface area contributed by atoms with E-state index in [4.69, 9.17) is 10.2 Å². The van der Waals surface area contributed by atoms with Gasteiger partial charge >= 0.3 is 11.9 Å². The summed E-state index contributed by atoms with van der Waals surface area (Å²) >= 11 is 0. The van der Waals surface area contributed by atoms with E-state index in [1.54, 1.807) is 0 Å². The van der Waals surface area contributed by atoms with Crippen molar-refractivity contribution in [2.45, 2.75) is 18.9 Å². The second kappa shape index (κ2) is 3.62. The summed E-state index contributed by atoms with van der Waals surface area (Å²) in [5.41, 5.74) is -2.34. The average molecular weight is 239 g/mol. The molecule has 1 heterocycles. The van der Waals surface area contributed by atoms with Crippen molar-refractivity contribution in [1.29, 1.82) is 0 Å². The van der Waals surface area contributed by atoms with Crippen LogP contribution in [0, 0.1) is 0 Å². The minimum atomic E-state index is -1.63. The van der Waals surface area contributed by atoms with Crippen molar-refractivity contribution in [3.05, 3.63) is 27.7 Å². The molecule has 0 amide bonds. The number of aromatic nitrogens is 1. The first kappa shape index (κ1) is 11.2. The number of pyridine rings is 1. The highest BCUT2D eigenvalue weighted by Crippen LogP contribution is 2.34. The zero-order valence-electron chi connectivity index (χ0n) is 8.58. The van der Waals surface area contributed by atoms with Crippen LogP contribution in [0.5, 0.6) is 5.75 Å². The number of carboxylic acid groups (broad SMARTS) is 2. The molecule has 3 N–H and O–H groups in total. The van der Waals surface area contributed by atoms with Gasteiger partial charge in [0.25, 0.3) is 5.56 Å². The molecule has 17 heavy (non-hydrogen) atoms. The van der Waals surface area contributed by atoms with E-state index in [0.717, 1.165) is 10.8 Å². The van der Waals surface area contributed by atoms with Gasteiger partial charge in [0.2, 0.25) is 0 Å². The van der Waals surface area contributed by atoms with Crippen LogP contribution < -0.4 is 5.56 Å². The SMILES string of the molecule is O=C(O)c1cn(C2CC2)c(=O)c(C(=O)O)c1O. The Morgan fingerprint density at radius 2 is 1.82 bits per heavy atom. The molecule has 0 spiro atoms. The highest BCUT2D eigenvalue weighted by atomic mass is 16.4. The first-order chi connectivity index (χ1) is 7.93. The zero-order valence-corrected chi connectivity index (χ0v) is 8.58. The number of carbonyl (C=O) groups is 2. The monoisotopic (exact) mass is 239 g/mol. The molecule has 1 aliphatic carbocycles. The maximum atomic E-state index is 11.7. The smallest absolute Gasteiger partial charge is 0.345 e. The predicted octanol–water partition coefficient (Wildman–Crippen LogP) is 0.285. The Balaban J connectivity index is 2.76. The Morgan fingerprint density at radius 1 is 1.24 bits per heavy atom. The summed E-state index contributed by atoms with van der Waals surface area (Å²) in [6.45, 7) is 0. The summed E-state index contributed by atoms with van der Waals surface area (Å²) in [6, 6.07) is -0.167. The Labute approximate surface area is 94.5 Å². The zero-order chi connectivity index (χ0) is 12.7. The Kier molecular flexibility index (Phi) is 2.38. The summed E-state index contributed by atoms with van der Waals surface area (Å²) in [5.74, 6) is -4.10. The quantitative estimate of drug-likeness (QED) is 0.697. The van der Waals surface area contributed by atoms with E-state index in [-0.39, 0.29) is 6.04 Å². The Hall–Kier alpha value is -2.31. The first-order valence-corrected chi connectivity index (χ1v) is 4.88. The van der Waals surface area contributed by atoms with Gasteiger partial charge in [-0.25, -0.2) is 9.59 Å². The van der Waals surface area contributed by atoms with Crippen LogP contribution in [0.15, 0.2) is 11.0 Å². The summed E-state index contributed by atoms with van der Waals surface area (Å²) in [6.07, 6.45) is 2.38. The standard InChI is InChI=1S/C10H9NO6/c12-7-5(9(14)15)3-11(4-1-2-4)8(13)6(7)10(16)17/h3-4,12H,1-2H2,(H,14,15)(H,16,17). The number of rotatable bonds is 3. The molecule has 0 bridgehead atoms. The van der Waals surface area contributed by atoms with E-state index in [9.17, 15) is 19.5 Å². The van der Waals surface area contributed by atoms with Crippen molar-refractivity contribution in [2.75, 3.05) is 0 Å². The molecule has 1 aromatic heterocycles. The predicted molar refractivity (Wildman–Crippen MR) is 54.6 cm³/mol. The third-order valence-electron chi connectivity index (χ3n) is 2.59. The van der Waals surface area contributed by atoms with E-state index in [1.807, 2.05) is 0 Å². The van der Waals surface area contributed by atoms with E-state index >= 15 is 0 Å². The summed E-state index contributed by atoms with van der Waals surface area (Å²) in [4.78, 5) is 33.4. The molecular formula is C10H9NO6. The van der Waals surface area contributed by atoms with Gasteiger partial charge in [0, 0.05) is 12.2 Å². The van der Waals surface area contributed by atoms with Crippen molar-refractivity contribution in [3.63, 3.8) is 0 Å². The lowest BCUT2D eigenvalue weighted by Gasteiger charge is -2.09. The largest absolute Gasteiger partial charge is 0.506 e. The Morgan fingerprint density at radius 3 is 2.24 bits per heavy atom. The number of hydrogen-bond donors (Lipinski definition) is 3. The van der Waals surface area contributed by atoms with E-state index in [1.165, 1.54) is 0 Å². The highest BCUT2D eigenvalue weighted by Gasteiger charge is 2.31. The maximum Gasteiger partial charge on any atom is 0.345 e. The second-order valence-electron chi connectivity index (χ2n) is 3.82. The number of aromatic carboxylic acids is 2. The van der Waals surface area contributed by atoms with Crippen LogP contribution in [0.3, 0.4) is 0 Å². The van der Waals surface area contributed by atoms with Crippen LogP contribution in [-0.2, 0) is 0 Å². The fraction of sp³-hybridized carbons (Fsp3) is 0.300. The van der Waals surface area contributed by atoms with Gasteiger partial charge in [-0.2, -0.15) is 0 Å². The molecule has 1 fully saturated rings. The van der Waals surface area contributed by atoms with Crippen molar-refractivity contribution < 1.29 is 24.9 Å². The molecule has 90 valence electrons. The maximum absolute atomic E-state index is 11.7. The van der Waals surface area contributed by atoms with Crippen LogP contribution in [0.2, 0.25) is 0 Å². The van der Waals surface area contributed by atoms with Gasteiger partial charge < -0.3 is 19.9 Å². The fourth-order valence-corrected chi connectivity index (χ4v) is 1.60. The van der Waals surface area contributed by atoms with E-state index in [0.29, 0.717) is 12.8 Å². The molecule has 1 saturated carbocycles. The lowest BCUT2D eigenvalue weighted by molar-refractivity contribution is 0.0688. The first-order valence-electron chi connectivity index (χ1n) is 4.88. The topological polar surface area (TPSA) is 117 Å². The summed E-state index contributed by atoms with van der Waals surface area (Å²) in [5, 5.41) is 27.1. The van der Waals surface area contributed by atoms with Crippen LogP contribution in [0.1, 0.15) is 39.6 Å². The van der Waals surface area contributed by atoms with Gasteiger partial charge in [-0.3, -0.25) is 4.79 Å². The fourth-order valence-electron chi connectivity index (χ4n) is 1.60. The third-order valence-corrected chi connectivity index (χ3v) is 2.59. The second-order valence-corrected chi connectivity index (χ2v) is 3.82. The van der Waals surface area contributed by atoms with Gasteiger partial charge in [-0.1, -0.05) is 0 Å². The molecule has 0 aromatic carbocycles.